The maximum absolute atomic E-state index is 10.5. The van der Waals surface area contributed by atoms with Gasteiger partial charge in [0, 0.05) is 17.9 Å². The molecule has 6 atom stereocenters. The molecule has 80 valence electrons. The molecule has 0 aliphatic heterocycles. The molecule has 3 N–H and O–H groups in total. The Hall–Kier alpha value is -0.880. The van der Waals surface area contributed by atoms with Crippen LogP contribution in [0, 0.1) is 21.6 Å². The minimum absolute atomic E-state index is 0.336. The van der Waals surface area contributed by atoms with Gasteiger partial charge in [-0.15, -0.1) is 0 Å². The number of nitrogens with zero attached hydrogens (tertiary/aromatic N) is 2. The van der Waals surface area contributed by atoms with E-state index in [-0.39, 0.29) is 5.92 Å². The van der Waals surface area contributed by atoms with Crippen molar-refractivity contribution < 1.29 is 5.11 Å². The summed E-state index contributed by atoms with van der Waals surface area (Å²) in [5.41, 5.74) is 5.73. The van der Waals surface area contributed by atoms with Gasteiger partial charge in [0.1, 0.15) is 12.1 Å². The standard InChI is InChI=1S/C8H15N3O3/c1-3-5(9)6(10-13)4(2)7(11-14)8(3)12/h3-8,12H,9H2,1-2H3. The molecular formula is C8H15N3O3. The largest absolute Gasteiger partial charge is 0.390 e. The van der Waals surface area contributed by atoms with E-state index in [4.69, 9.17) is 5.73 Å². The summed E-state index contributed by atoms with van der Waals surface area (Å²) in [6.45, 7) is 3.35. The van der Waals surface area contributed by atoms with E-state index in [9.17, 15) is 14.9 Å². The van der Waals surface area contributed by atoms with Crippen molar-refractivity contribution in [1.82, 2.24) is 0 Å². The number of rotatable bonds is 2. The fourth-order valence-electron chi connectivity index (χ4n) is 2.04. The van der Waals surface area contributed by atoms with Crippen LogP contribution in [0.2, 0.25) is 0 Å². The molecule has 1 aliphatic rings. The van der Waals surface area contributed by atoms with Gasteiger partial charge in [0.15, 0.2) is 0 Å². The second-order valence-electron chi connectivity index (χ2n) is 3.98. The lowest BCUT2D eigenvalue weighted by Gasteiger charge is -2.40. The fraction of sp³-hybridized carbons (Fsp3) is 1.00. The number of nitroso groups, excluding NO2 is 2. The summed E-state index contributed by atoms with van der Waals surface area (Å²) in [5, 5.41) is 15.4. The first-order valence-electron chi connectivity index (χ1n) is 4.63. The molecule has 0 amide bonds. The van der Waals surface area contributed by atoms with E-state index in [1.54, 1.807) is 13.8 Å². The molecule has 1 saturated carbocycles. The zero-order valence-corrected chi connectivity index (χ0v) is 8.20. The molecule has 6 nitrogen and oxygen atoms in total. The minimum atomic E-state index is -0.879. The summed E-state index contributed by atoms with van der Waals surface area (Å²) >= 11 is 0. The van der Waals surface area contributed by atoms with E-state index in [1.165, 1.54) is 0 Å². The van der Waals surface area contributed by atoms with Crippen molar-refractivity contribution in [2.75, 3.05) is 0 Å². The maximum Gasteiger partial charge on any atom is 0.123 e. The van der Waals surface area contributed by atoms with Gasteiger partial charge >= 0.3 is 0 Å². The van der Waals surface area contributed by atoms with Crippen LogP contribution in [0.3, 0.4) is 0 Å². The van der Waals surface area contributed by atoms with Gasteiger partial charge in [0.2, 0.25) is 0 Å². The van der Waals surface area contributed by atoms with Gasteiger partial charge in [-0.05, 0) is 0 Å². The molecule has 0 aromatic carbocycles. The van der Waals surface area contributed by atoms with Crippen LogP contribution in [0.25, 0.3) is 0 Å². The molecule has 14 heavy (non-hydrogen) atoms. The van der Waals surface area contributed by atoms with Gasteiger partial charge in [-0.2, -0.15) is 9.81 Å². The SMILES string of the molecule is CC1C(N)C(N=O)C(C)C(N=O)C1O. The van der Waals surface area contributed by atoms with Crippen LogP contribution in [0.4, 0.5) is 0 Å². The first kappa shape index (κ1) is 11.2. The average molecular weight is 201 g/mol. The Morgan fingerprint density at radius 2 is 1.57 bits per heavy atom. The first-order chi connectivity index (χ1) is 6.54. The molecule has 1 aliphatic carbocycles. The van der Waals surface area contributed by atoms with E-state index in [0.29, 0.717) is 0 Å². The lowest BCUT2D eigenvalue weighted by atomic mass is 9.72. The van der Waals surface area contributed by atoms with Crippen LogP contribution < -0.4 is 5.73 Å². The molecular weight excluding hydrogens is 186 g/mol. The van der Waals surface area contributed by atoms with Crippen molar-refractivity contribution in [3.8, 4) is 0 Å². The molecule has 1 rings (SSSR count). The average Bonchev–Trinajstić information content (AvgIpc) is 2.16. The third-order valence-corrected chi connectivity index (χ3v) is 3.21. The molecule has 0 bridgehead atoms. The monoisotopic (exact) mass is 201 g/mol. The second-order valence-corrected chi connectivity index (χ2v) is 3.98. The maximum atomic E-state index is 10.5. The quantitative estimate of drug-likeness (QED) is 0.624. The summed E-state index contributed by atoms with van der Waals surface area (Å²) < 4.78 is 0. The number of aliphatic hydroxyl groups excluding tert-OH is 1. The fourth-order valence-corrected chi connectivity index (χ4v) is 2.04. The smallest absolute Gasteiger partial charge is 0.123 e. The first-order valence-corrected chi connectivity index (χ1v) is 4.63. The highest BCUT2D eigenvalue weighted by Crippen LogP contribution is 2.32. The highest BCUT2D eigenvalue weighted by molar-refractivity contribution is 5.03. The summed E-state index contributed by atoms with van der Waals surface area (Å²) in [4.78, 5) is 21.0. The molecule has 0 radical (unpaired) electrons. The van der Waals surface area contributed by atoms with Gasteiger partial charge in [-0.3, -0.25) is 0 Å². The predicted octanol–water partition coefficient (Wildman–Crippen LogP) is 0.230. The summed E-state index contributed by atoms with van der Waals surface area (Å²) in [6.07, 6.45) is -0.879. The summed E-state index contributed by atoms with van der Waals surface area (Å²) in [6, 6.07) is -1.93. The molecule has 1 fully saturated rings. The topological polar surface area (TPSA) is 105 Å². The Balaban J connectivity index is 2.93. The van der Waals surface area contributed by atoms with Gasteiger partial charge in [0.25, 0.3) is 0 Å². The predicted molar refractivity (Wildman–Crippen MR) is 51.5 cm³/mol. The third kappa shape index (κ3) is 1.55. The number of aliphatic hydroxyl groups is 1. The Morgan fingerprint density at radius 3 is 2.00 bits per heavy atom. The van der Waals surface area contributed by atoms with E-state index in [1.807, 2.05) is 0 Å². The highest BCUT2D eigenvalue weighted by Gasteiger charge is 2.46. The van der Waals surface area contributed by atoms with E-state index in [2.05, 4.69) is 10.4 Å². The zero-order valence-electron chi connectivity index (χ0n) is 8.20. The molecule has 6 heteroatoms. The van der Waals surface area contributed by atoms with Crippen LogP contribution in [-0.2, 0) is 0 Å². The van der Waals surface area contributed by atoms with E-state index >= 15 is 0 Å². The van der Waals surface area contributed by atoms with Crippen LogP contribution >= 0.6 is 0 Å². The lowest BCUT2D eigenvalue weighted by Crippen LogP contribution is -2.58. The normalized spacial score (nSPS) is 48.6. The molecule has 0 saturated heterocycles. The molecule has 0 spiro atoms. The van der Waals surface area contributed by atoms with Crippen molar-refractivity contribution >= 4 is 0 Å². The van der Waals surface area contributed by atoms with Crippen molar-refractivity contribution in [3.05, 3.63) is 9.81 Å². The van der Waals surface area contributed by atoms with E-state index < -0.39 is 30.1 Å². The van der Waals surface area contributed by atoms with Gasteiger partial charge in [0.05, 0.1) is 6.10 Å². The third-order valence-electron chi connectivity index (χ3n) is 3.21. The molecule has 0 aromatic rings. The summed E-state index contributed by atoms with van der Waals surface area (Å²) in [7, 11) is 0. The van der Waals surface area contributed by atoms with Crippen LogP contribution in [0.5, 0.6) is 0 Å². The lowest BCUT2D eigenvalue weighted by molar-refractivity contribution is 0.0148. The van der Waals surface area contributed by atoms with Crippen molar-refractivity contribution in [2.45, 2.75) is 38.1 Å². The molecule has 0 aromatic heterocycles. The van der Waals surface area contributed by atoms with Crippen LogP contribution in [-0.4, -0.2) is 29.3 Å². The Bertz CT molecular complexity index is 214. The zero-order chi connectivity index (χ0) is 10.9. The van der Waals surface area contributed by atoms with Gasteiger partial charge in [-0.25, -0.2) is 0 Å². The Labute approximate surface area is 81.8 Å². The van der Waals surface area contributed by atoms with Crippen molar-refractivity contribution in [1.29, 1.82) is 0 Å². The molecule has 0 heterocycles. The van der Waals surface area contributed by atoms with E-state index in [0.717, 1.165) is 0 Å². The van der Waals surface area contributed by atoms with Gasteiger partial charge < -0.3 is 10.8 Å². The number of hydrogen-bond donors (Lipinski definition) is 2. The van der Waals surface area contributed by atoms with Gasteiger partial charge in [-0.1, -0.05) is 24.2 Å². The second kappa shape index (κ2) is 4.10. The Kier molecular flexibility index (Phi) is 3.28. The minimum Gasteiger partial charge on any atom is -0.390 e. The van der Waals surface area contributed by atoms with Crippen molar-refractivity contribution in [2.24, 2.45) is 27.9 Å². The number of nitrogens with two attached hydrogens (primary N) is 1. The van der Waals surface area contributed by atoms with Crippen LogP contribution in [0.15, 0.2) is 10.4 Å². The van der Waals surface area contributed by atoms with Crippen molar-refractivity contribution in [3.63, 3.8) is 0 Å². The highest BCUT2D eigenvalue weighted by atomic mass is 16.3. The molecule has 6 unspecified atom stereocenters. The summed E-state index contributed by atoms with van der Waals surface area (Å²) in [5.74, 6) is -0.734. The number of hydrogen-bond acceptors (Lipinski definition) is 6. The van der Waals surface area contributed by atoms with Crippen LogP contribution in [0.1, 0.15) is 13.8 Å². The Morgan fingerprint density at radius 1 is 1.07 bits per heavy atom.